The summed E-state index contributed by atoms with van der Waals surface area (Å²) in [6.45, 7) is 1.85. The molecule has 1 aromatic carbocycles. The van der Waals surface area contributed by atoms with Gasteiger partial charge in [0.2, 0.25) is 11.8 Å². The second kappa shape index (κ2) is 10.2. The number of ether oxygens (including phenoxy) is 1. The van der Waals surface area contributed by atoms with Crippen molar-refractivity contribution in [2.24, 2.45) is 7.05 Å². The Balaban J connectivity index is 1.52. The molecule has 0 saturated carbocycles. The molecule has 158 valence electrons. The Labute approximate surface area is 182 Å². The summed E-state index contributed by atoms with van der Waals surface area (Å²) in [5.41, 5.74) is 0.890. The highest BCUT2D eigenvalue weighted by Crippen LogP contribution is 2.20. The van der Waals surface area contributed by atoms with Gasteiger partial charge in [-0.05, 0) is 24.6 Å². The van der Waals surface area contributed by atoms with Gasteiger partial charge in [0.25, 0.3) is 0 Å². The number of benzene rings is 1. The number of methoxy groups -OCH3 is 1. The first-order chi connectivity index (χ1) is 14.5. The lowest BCUT2D eigenvalue weighted by Gasteiger charge is -2.13. The van der Waals surface area contributed by atoms with Gasteiger partial charge in [0.1, 0.15) is 5.75 Å². The molecule has 3 rings (SSSR count). The van der Waals surface area contributed by atoms with Gasteiger partial charge in [-0.2, -0.15) is 0 Å². The molecular weight excluding hydrogens is 424 g/mol. The first-order valence-electron chi connectivity index (χ1n) is 9.10. The van der Waals surface area contributed by atoms with Crippen molar-refractivity contribution in [1.82, 2.24) is 25.1 Å². The minimum absolute atomic E-state index is 0.118. The number of hydrogen-bond donors (Lipinski definition) is 2. The third-order valence-corrected chi connectivity index (χ3v) is 5.88. The van der Waals surface area contributed by atoms with Gasteiger partial charge in [-0.15, -0.1) is 21.5 Å². The molecule has 2 amide bonds. The summed E-state index contributed by atoms with van der Waals surface area (Å²) >= 11 is 2.63. The predicted octanol–water partition coefficient (Wildman–Crippen LogP) is 2.43. The molecule has 0 aliphatic heterocycles. The Morgan fingerprint density at radius 2 is 2.00 bits per heavy atom. The van der Waals surface area contributed by atoms with Gasteiger partial charge in [0.15, 0.2) is 16.1 Å². The first-order valence-corrected chi connectivity index (χ1v) is 11.0. The van der Waals surface area contributed by atoms with E-state index in [1.165, 1.54) is 23.1 Å². The number of carbonyl (C=O) groups excluding carboxylic acids is 2. The number of amides is 2. The van der Waals surface area contributed by atoms with Crippen molar-refractivity contribution in [3.63, 3.8) is 0 Å². The van der Waals surface area contributed by atoms with Crippen LogP contribution in [0.3, 0.4) is 0 Å². The van der Waals surface area contributed by atoms with E-state index in [0.717, 1.165) is 11.3 Å². The van der Waals surface area contributed by atoms with Crippen LogP contribution < -0.4 is 15.4 Å². The highest BCUT2D eigenvalue weighted by atomic mass is 32.2. The van der Waals surface area contributed by atoms with Crippen LogP contribution in [-0.4, -0.2) is 44.4 Å². The molecule has 0 fully saturated rings. The number of aromatic nitrogens is 4. The average molecular weight is 447 g/mol. The van der Waals surface area contributed by atoms with E-state index in [2.05, 4.69) is 25.8 Å². The Bertz CT molecular complexity index is 988. The van der Waals surface area contributed by atoms with Gasteiger partial charge in [-0.25, -0.2) is 4.98 Å². The van der Waals surface area contributed by atoms with Crippen LogP contribution in [0.1, 0.15) is 24.4 Å². The third-order valence-electron chi connectivity index (χ3n) is 4.17. The molecule has 2 N–H and O–H groups in total. The lowest BCUT2D eigenvalue weighted by Crippen LogP contribution is -2.29. The van der Waals surface area contributed by atoms with Crippen molar-refractivity contribution in [3.05, 3.63) is 47.2 Å². The van der Waals surface area contributed by atoms with Crippen LogP contribution in [0.25, 0.3) is 0 Å². The van der Waals surface area contributed by atoms with E-state index in [0.29, 0.717) is 16.1 Å². The number of anilines is 1. The lowest BCUT2D eigenvalue weighted by atomic mass is 10.1. The minimum Gasteiger partial charge on any atom is -0.497 e. The smallest absolute Gasteiger partial charge is 0.236 e. The molecule has 30 heavy (non-hydrogen) atoms. The molecule has 1 atom stereocenters. The normalized spacial score (nSPS) is 11.7. The molecule has 2 heterocycles. The zero-order chi connectivity index (χ0) is 21.5. The van der Waals surface area contributed by atoms with E-state index in [9.17, 15) is 9.59 Å². The number of rotatable bonds is 9. The van der Waals surface area contributed by atoms with Gasteiger partial charge in [-0.3, -0.25) is 9.59 Å². The molecule has 0 spiro atoms. The number of nitrogens with one attached hydrogen (secondary N) is 2. The SMILES string of the molecule is COc1ccc(CC(=O)N[C@H](C)c2nnc(SCC(=O)Nc3nccs3)n2C)cc1. The van der Waals surface area contributed by atoms with E-state index < -0.39 is 0 Å². The van der Waals surface area contributed by atoms with Crippen LogP contribution in [-0.2, 0) is 23.1 Å². The van der Waals surface area contributed by atoms with Crippen LogP contribution in [0.15, 0.2) is 41.0 Å². The van der Waals surface area contributed by atoms with Crippen molar-refractivity contribution in [2.45, 2.75) is 24.5 Å². The number of hydrogen-bond acceptors (Lipinski definition) is 8. The molecule has 0 aliphatic rings. The predicted molar refractivity (Wildman–Crippen MR) is 116 cm³/mol. The van der Waals surface area contributed by atoms with E-state index in [4.69, 9.17) is 4.74 Å². The Hall–Kier alpha value is -2.92. The highest BCUT2D eigenvalue weighted by Gasteiger charge is 2.18. The van der Waals surface area contributed by atoms with Crippen LogP contribution in [0.5, 0.6) is 5.75 Å². The number of thiazole rings is 1. The topological polar surface area (TPSA) is 111 Å². The number of thioether (sulfide) groups is 1. The van der Waals surface area contributed by atoms with E-state index in [1.54, 1.807) is 23.3 Å². The van der Waals surface area contributed by atoms with Gasteiger partial charge in [0, 0.05) is 18.6 Å². The summed E-state index contributed by atoms with van der Waals surface area (Å²) in [6, 6.07) is 7.03. The maximum atomic E-state index is 12.4. The van der Waals surface area contributed by atoms with Crippen molar-refractivity contribution >= 4 is 40.0 Å². The monoisotopic (exact) mass is 446 g/mol. The van der Waals surface area contributed by atoms with E-state index in [-0.39, 0.29) is 30.0 Å². The summed E-state index contributed by atoms with van der Waals surface area (Å²) in [7, 11) is 3.41. The van der Waals surface area contributed by atoms with Crippen LogP contribution in [0.2, 0.25) is 0 Å². The number of carbonyl (C=O) groups is 2. The van der Waals surface area contributed by atoms with Crippen molar-refractivity contribution in [2.75, 3.05) is 18.2 Å². The molecule has 2 aromatic heterocycles. The second-order valence-corrected chi connectivity index (χ2v) is 8.23. The van der Waals surface area contributed by atoms with Gasteiger partial charge in [0.05, 0.1) is 25.3 Å². The molecule has 0 radical (unpaired) electrons. The molecule has 9 nitrogen and oxygen atoms in total. The molecular formula is C19H22N6O3S2. The maximum Gasteiger partial charge on any atom is 0.236 e. The summed E-state index contributed by atoms with van der Waals surface area (Å²) in [6.07, 6.45) is 1.89. The van der Waals surface area contributed by atoms with E-state index in [1.807, 2.05) is 38.2 Å². The van der Waals surface area contributed by atoms with Crippen LogP contribution >= 0.6 is 23.1 Å². The molecule has 3 aromatic rings. The Kier molecular flexibility index (Phi) is 7.41. The van der Waals surface area contributed by atoms with Crippen molar-refractivity contribution in [3.8, 4) is 5.75 Å². The number of nitrogens with zero attached hydrogens (tertiary/aromatic N) is 4. The summed E-state index contributed by atoms with van der Waals surface area (Å²) < 4.78 is 6.90. The van der Waals surface area contributed by atoms with Crippen LogP contribution in [0, 0.1) is 0 Å². The highest BCUT2D eigenvalue weighted by molar-refractivity contribution is 7.99. The quantitative estimate of drug-likeness (QED) is 0.486. The largest absolute Gasteiger partial charge is 0.497 e. The molecule has 0 saturated heterocycles. The molecule has 11 heteroatoms. The van der Waals surface area contributed by atoms with Gasteiger partial charge >= 0.3 is 0 Å². The summed E-state index contributed by atoms with van der Waals surface area (Å²) in [5.74, 6) is 1.26. The fourth-order valence-corrected chi connectivity index (χ4v) is 3.95. The van der Waals surface area contributed by atoms with Crippen molar-refractivity contribution < 1.29 is 14.3 Å². The minimum atomic E-state index is -0.327. The Morgan fingerprint density at radius 1 is 1.23 bits per heavy atom. The van der Waals surface area contributed by atoms with Crippen LogP contribution in [0.4, 0.5) is 5.13 Å². The van der Waals surface area contributed by atoms with Gasteiger partial charge < -0.3 is 19.9 Å². The summed E-state index contributed by atoms with van der Waals surface area (Å²) in [4.78, 5) is 28.4. The second-order valence-electron chi connectivity index (χ2n) is 6.39. The zero-order valence-corrected chi connectivity index (χ0v) is 18.4. The van der Waals surface area contributed by atoms with Gasteiger partial charge in [-0.1, -0.05) is 23.9 Å². The molecule has 0 unspecified atom stereocenters. The first kappa shape index (κ1) is 21.8. The molecule has 0 aliphatic carbocycles. The maximum absolute atomic E-state index is 12.4. The standard InChI is InChI=1S/C19H22N6O3S2/c1-12(21-15(26)10-13-4-6-14(28-3)7-5-13)17-23-24-19(25(17)2)30-11-16(27)22-18-20-8-9-29-18/h4-9,12H,10-11H2,1-3H3,(H,21,26)(H,20,22,27)/t12-/m1/s1. The fraction of sp³-hybridized carbons (Fsp3) is 0.316. The zero-order valence-electron chi connectivity index (χ0n) is 16.8. The molecule has 0 bridgehead atoms. The van der Waals surface area contributed by atoms with E-state index >= 15 is 0 Å². The average Bonchev–Trinajstić information content (AvgIpc) is 3.36. The van der Waals surface area contributed by atoms with Crippen molar-refractivity contribution in [1.29, 1.82) is 0 Å². The third kappa shape index (κ3) is 5.80. The Morgan fingerprint density at radius 3 is 2.67 bits per heavy atom. The lowest BCUT2D eigenvalue weighted by molar-refractivity contribution is -0.121. The fourth-order valence-electron chi connectivity index (χ4n) is 2.69. The summed E-state index contributed by atoms with van der Waals surface area (Å²) in [5, 5.41) is 16.9.